The van der Waals surface area contributed by atoms with Crippen LogP contribution in [0, 0.1) is 0 Å². The van der Waals surface area contributed by atoms with Crippen molar-refractivity contribution in [1.29, 1.82) is 0 Å². The van der Waals surface area contributed by atoms with Crippen LogP contribution in [0.4, 0.5) is 5.95 Å². The molecule has 0 spiro atoms. The number of nitrogens with zero attached hydrogens (tertiary/aromatic N) is 2. The first-order valence-electron chi connectivity index (χ1n) is 6.62. The minimum atomic E-state index is -0.263. The summed E-state index contributed by atoms with van der Waals surface area (Å²) in [6.07, 6.45) is 4.88. The van der Waals surface area contributed by atoms with Gasteiger partial charge in [-0.3, -0.25) is 10.1 Å². The lowest BCUT2D eigenvalue weighted by atomic mass is 10.1. The number of methoxy groups -OCH3 is 2. The fourth-order valence-corrected chi connectivity index (χ4v) is 1.82. The number of nitrogens with one attached hydrogen (secondary N) is 1. The molecular weight excluding hydrogens is 282 g/mol. The first kappa shape index (κ1) is 15.5. The number of amides is 1. The number of carbonyl (C=O) groups excluding carboxylic acids is 1. The summed E-state index contributed by atoms with van der Waals surface area (Å²) in [7, 11) is 3.14. The molecule has 2 aromatic rings. The summed E-state index contributed by atoms with van der Waals surface area (Å²) < 4.78 is 10.4. The third-order valence-corrected chi connectivity index (χ3v) is 2.94. The molecule has 114 valence electrons. The first-order valence-corrected chi connectivity index (χ1v) is 6.62. The van der Waals surface area contributed by atoms with Crippen LogP contribution in [0.5, 0.6) is 11.5 Å². The van der Waals surface area contributed by atoms with Crippen molar-refractivity contribution in [1.82, 2.24) is 9.97 Å². The third kappa shape index (κ3) is 3.82. The second kappa shape index (κ2) is 7.21. The monoisotopic (exact) mass is 299 g/mol. The molecule has 1 aromatic heterocycles. The molecule has 0 fully saturated rings. The fourth-order valence-electron chi connectivity index (χ4n) is 1.82. The zero-order valence-electron chi connectivity index (χ0n) is 12.7. The van der Waals surface area contributed by atoms with Gasteiger partial charge < -0.3 is 9.47 Å². The van der Waals surface area contributed by atoms with E-state index in [1.165, 1.54) is 0 Å². The molecule has 0 unspecified atom stereocenters. The Kier molecular flexibility index (Phi) is 5.08. The maximum atomic E-state index is 12.1. The Labute approximate surface area is 128 Å². The molecule has 6 nitrogen and oxygen atoms in total. The smallest absolute Gasteiger partial charge is 0.253 e. The van der Waals surface area contributed by atoms with Gasteiger partial charge in [-0.2, -0.15) is 0 Å². The van der Waals surface area contributed by atoms with E-state index in [0.29, 0.717) is 17.1 Å². The summed E-state index contributed by atoms with van der Waals surface area (Å²) in [4.78, 5) is 20.0. The van der Waals surface area contributed by atoms with E-state index < -0.39 is 0 Å². The number of hydrogen-bond acceptors (Lipinski definition) is 5. The van der Waals surface area contributed by atoms with E-state index in [1.54, 1.807) is 57.8 Å². The van der Waals surface area contributed by atoms with E-state index >= 15 is 0 Å². The SMILES string of the molecule is COc1ccc(/C=C(\C)C(=O)Nc2ncccn2)cc1OC. The summed E-state index contributed by atoms with van der Waals surface area (Å²) in [5.74, 6) is 1.25. The van der Waals surface area contributed by atoms with Crippen LogP contribution in [0.3, 0.4) is 0 Å². The maximum Gasteiger partial charge on any atom is 0.253 e. The van der Waals surface area contributed by atoms with Crippen molar-refractivity contribution < 1.29 is 14.3 Å². The van der Waals surface area contributed by atoms with Crippen molar-refractivity contribution in [2.45, 2.75) is 6.92 Å². The Morgan fingerprint density at radius 3 is 2.45 bits per heavy atom. The second-order valence-electron chi connectivity index (χ2n) is 4.47. The van der Waals surface area contributed by atoms with Crippen LogP contribution in [0.2, 0.25) is 0 Å². The number of aromatic nitrogens is 2. The van der Waals surface area contributed by atoms with Crippen molar-refractivity contribution in [2.75, 3.05) is 19.5 Å². The van der Waals surface area contributed by atoms with Gasteiger partial charge in [-0.25, -0.2) is 9.97 Å². The van der Waals surface area contributed by atoms with Crippen LogP contribution in [0.1, 0.15) is 12.5 Å². The summed E-state index contributed by atoms with van der Waals surface area (Å²) in [5.41, 5.74) is 1.36. The lowest BCUT2D eigenvalue weighted by Gasteiger charge is -2.08. The van der Waals surface area contributed by atoms with E-state index in [1.807, 2.05) is 6.07 Å². The number of rotatable bonds is 5. The highest BCUT2D eigenvalue weighted by Gasteiger charge is 2.08. The molecule has 1 N–H and O–H groups in total. The summed E-state index contributed by atoms with van der Waals surface area (Å²) >= 11 is 0. The molecule has 0 radical (unpaired) electrons. The molecule has 22 heavy (non-hydrogen) atoms. The van der Waals surface area contributed by atoms with Crippen LogP contribution < -0.4 is 14.8 Å². The minimum Gasteiger partial charge on any atom is -0.493 e. The topological polar surface area (TPSA) is 73.3 Å². The molecule has 1 aromatic carbocycles. The molecule has 0 saturated carbocycles. The van der Waals surface area contributed by atoms with Gasteiger partial charge in [-0.1, -0.05) is 6.07 Å². The third-order valence-electron chi connectivity index (χ3n) is 2.94. The van der Waals surface area contributed by atoms with E-state index in [0.717, 1.165) is 5.56 Å². The Bertz CT molecular complexity index is 684. The summed E-state index contributed by atoms with van der Waals surface area (Å²) in [6.45, 7) is 1.72. The van der Waals surface area contributed by atoms with Crippen molar-refractivity contribution in [3.8, 4) is 11.5 Å². The highest BCUT2D eigenvalue weighted by Crippen LogP contribution is 2.28. The van der Waals surface area contributed by atoms with Gasteiger partial charge in [0.05, 0.1) is 14.2 Å². The standard InChI is InChI=1S/C16H17N3O3/c1-11(15(20)19-16-17-7-4-8-18-16)9-12-5-6-13(21-2)14(10-12)22-3/h4-10H,1-3H3,(H,17,18,19,20)/b11-9+. The molecule has 0 bridgehead atoms. The highest BCUT2D eigenvalue weighted by molar-refractivity contribution is 6.05. The Hall–Kier alpha value is -2.89. The number of hydrogen-bond donors (Lipinski definition) is 1. The lowest BCUT2D eigenvalue weighted by molar-refractivity contribution is -0.112. The predicted octanol–water partition coefficient (Wildman–Crippen LogP) is 2.54. The molecule has 0 aliphatic carbocycles. The zero-order valence-corrected chi connectivity index (χ0v) is 12.7. The molecular formula is C16H17N3O3. The quantitative estimate of drug-likeness (QED) is 0.859. The van der Waals surface area contributed by atoms with Crippen LogP contribution in [0.25, 0.3) is 6.08 Å². The van der Waals surface area contributed by atoms with Gasteiger partial charge in [0, 0.05) is 18.0 Å². The second-order valence-corrected chi connectivity index (χ2v) is 4.47. The van der Waals surface area contributed by atoms with Gasteiger partial charge in [0.25, 0.3) is 5.91 Å². The van der Waals surface area contributed by atoms with Gasteiger partial charge in [-0.05, 0) is 36.8 Å². The van der Waals surface area contributed by atoms with E-state index in [9.17, 15) is 4.79 Å². The first-order chi connectivity index (χ1) is 10.6. The normalized spacial score (nSPS) is 11.0. The Morgan fingerprint density at radius 2 is 1.82 bits per heavy atom. The van der Waals surface area contributed by atoms with Crippen LogP contribution in [-0.4, -0.2) is 30.1 Å². The molecule has 0 aliphatic rings. The van der Waals surface area contributed by atoms with Crippen LogP contribution >= 0.6 is 0 Å². The van der Waals surface area contributed by atoms with Crippen molar-refractivity contribution in [2.24, 2.45) is 0 Å². The lowest BCUT2D eigenvalue weighted by Crippen LogP contribution is -2.14. The van der Waals surface area contributed by atoms with E-state index in [4.69, 9.17) is 9.47 Å². The maximum absolute atomic E-state index is 12.1. The number of anilines is 1. The van der Waals surface area contributed by atoms with Gasteiger partial charge >= 0.3 is 0 Å². The van der Waals surface area contributed by atoms with Gasteiger partial charge in [0.15, 0.2) is 11.5 Å². The average Bonchev–Trinajstić information content (AvgIpc) is 2.55. The van der Waals surface area contributed by atoms with Gasteiger partial charge in [0.2, 0.25) is 5.95 Å². The van der Waals surface area contributed by atoms with Crippen molar-refractivity contribution >= 4 is 17.9 Å². The molecule has 0 aliphatic heterocycles. The molecule has 1 heterocycles. The zero-order chi connectivity index (χ0) is 15.9. The van der Waals surface area contributed by atoms with Gasteiger partial charge in [0.1, 0.15) is 0 Å². The van der Waals surface area contributed by atoms with Crippen molar-refractivity contribution in [3.05, 3.63) is 47.8 Å². The highest BCUT2D eigenvalue weighted by atomic mass is 16.5. The number of benzene rings is 1. The van der Waals surface area contributed by atoms with Crippen LogP contribution in [0.15, 0.2) is 42.2 Å². The number of ether oxygens (including phenoxy) is 2. The van der Waals surface area contributed by atoms with Crippen LogP contribution in [-0.2, 0) is 4.79 Å². The Balaban J connectivity index is 2.16. The predicted molar refractivity (Wildman–Crippen MR) is 83.9 cm³/mol. The fraction of sp³-hybridized carbons (Fsp3) is 0.188. The van der Waals surface area contributed by atoms with Crippen molar-refractivity contribution in [3.63, 3.8) is 0 Å². The van der Waals surface area contributed by atoms with Gasteiger partial charge in [-0.15, -0.1) is 0 Å². The van der Waals surface area contributed by atoms with E-state index in [2.05, 4.69) is 15.3 Å². The largest absolute Gasteiger partial charge is 0.493 e. The molecule has 6 heteroatoms. The van der Waals surface area contributed by atoms with E-state index in [-0.39, 0.29) is 11.9 Å². The minimum absolute atomic E-state index is 0.263. The summed E-state index contributed by atoms with van der Waals surface area (Å²) in [6, 6.07) is 7.12. The molecule has 1 amide bonds. The molecule has 0 atom stereocenters. The average molecular weight is 299 g/mol. The number of carbonyl (C=O) groups is 1. The molecule has 2 rings (SSSR count). The molecule has 0 saturated heterocycles. The summed E-state index contributed by atoms with van der Waals surface area (Å²) in [5, 5.41) is 2.63. The Morgan fingerprint density at radius 1 is 1.14 bits per heavy atom.